The molecule has 0 aliphatic heterocycles. The van der Waals surface area contributed by atoms with E-state index in [1.165, 1.54) is 12.5 Å². The van der Waals surface area contributed by atoms with Crippen molar-refractivity contribution >= 4 is 33.7 Å². The van der Waals surface area contributed by atoms with E-state index >= 15 is 0 Å². The summed E-state index contributed by atoms with van der Waals surface area (Å²) in [6.07, 6.45) is 11.3. The van der Waals surface area contributed by atoms with Crippen molar-refractivity contribution < 1.29 is 19.2 Å². The molecule has 0 radical (unpaired) electrons. The second-order valence-corrected chi connectivity index (χ2v) is 12.3. The number of esters is 1. The van der Waals surface area contributed by atoms with Crippen LogP contribution < -0.4 is 5.73 Å². The highest BCUT2D eigenvalue weighted by atomic mass is 79.9. The Morgan fingerprint density at radius 3 is 2.47 bits per heavy atom. The largest absolute Gasteiger partial charge is 0.462 e. The summed E-state index contributed by atoms with van der Waals surface area (Å²) in [4.78, 5) is 30.0. The normalized spacial score (nSPS) is 35.5. The number of nitrogens with zero attached hydrogens (tertiary/aromatic N) is 1. The highest BCUT2D eigenvalue weighted by Gasteiger charge is 2.58. The zero-order valence-corrected chi connectivity index (χ0v) is 22.8. The van der Waals surface area contributed by atoms with Gasteiger partial charge < -0.3 is 15.3 Å². The molecule has 0 unspecified atom stereocenters. The molecule has 0 bridgehead atoms. The number of carbonyl (C=O) groups is 2. The fourth-order valence-corrected chi connectivity index (χ4v) is 7.92. The van der Waals surface area contributed by atoms with Gasteiger partial charge in [0.1, 0.15) is 6.10 Å². The maximum absolute atomic E-state index is 13.2. The summed E-state index contributed by atoms with van der Waals surface area (Å²) in [6, 6.07) is 7.40. The van der Waals surface area contributed by atoms with Crippen LogP contribution in [0.25, 0.3) is 0 Å². The monoisotopic (exact) mass is 554 g/mol. The van der Waals surface area contributed by atoms with Crippen LogP contribution in [0.1, 0.15) is 71.3 Å². The van der Waals surface area contributed by atoms with E-state index in [1.54, 1.807) is 0 Å². The van der Waals surface area contributed by atoms with Crippen molar-refractivity contribution in [2.75, 3.05) is 0 Å². The van der Waals surface area contributed by atoms with Crippen LogP contribution in [0.15, 0.2) is 57.2 Å². The van der Waals surface area contributed by atoms with E-state index < -0.39 is 5.97 Å². The summed E-state index contributed by atoms with van der Waals surface area (Å²) in [5.74, 6) is 1.13. The Morgan fingerprint density at radius 1 is 1.03 bits per heavy atom. The van der Waals surface area contributed by atoms with Crippen molar-refractivity contribution in [2.45, 2.75) is 71.8 Å². The molecule has 0 saturated heterocycles. The van der Waals surface area contributed by atoms with Gasteiger partial charge in [-0.1, -0.05) is 64.8 Å². The van der Waals surface area contributed by atoms with E-state index in [2.05, 4.69) is 47.1 Å². The Labute approximate surface area is 221 Å². The number of ether oxygens (including phenoxy) is 1. The fraction of sp³-hybridized carbons (Fsp3) is 0.552. The van der Waals surface area contributed by atoms with Crippen molar-refractivity contribution in [3.05, 3.63) is 57.6 Å². The van der Waals surface area contributed by atoms with Crippen LogP contribution in [-0.2, 0) is 19.2 Å². The number of hydrogen-bond acceptors (Lipinski definition) is 5. The summed E-state index contributed by atoms with van der Waals surface area (Å²) < 4.78 is 6.50. The quantitative estimate of drug-likeness (QED) is 0.122. The lowest BCUT2D eigenvalue weighted by atomic mass is 9.47. The van der Waals surface area contributed by atoms with Crippen LogP contribution in [0.5, 0.6) is 0 Å². The third-order valence-electron chi connectivity index (χ3n) is 9.56. The lowest BCUT2D eigenvalue weighted by molar-refractivity contribution is -0.149. The molecule has 0 spiro atoms. The number of rotatable bonds is 4. The van der Waals surface area contributed by atoms with Crippen LogP contribution in [0.4, 0.5) is 0 Å². The molecule has 0 aromatic heterocycles. The number of carbonyl (C=O) groups excluding carboxylic acids is 2. The van der Waals surface area contributed by atoms with Gasteiger partial charge in [0.2, 0.25) is 0 Å². The van der Waals surface area contributed by atoms with E-state index in [9.17, 15) is 9.59 Å². The topological polar surface area (TPSA) is 91.0 Å². The zero-order valence-electron chi connectivity index (χ0n) is 21.3. The molecule has 5 rings (SSSR count). The SMILES string of the molecule is CC(=O)O[C@H]1CC[C@@]2(C)C(=CC[C@@H]3[C@@H]2CC[C@]2(C)C(C(=O)O/N=C(\N)c4ccc(Br)cc4)=CC[C@@H]32)C1. The number of amidine groups is 1. The van der Waals surface area contributed by atoms with Crippen molar-refractivity contribution in [3.8, 4) is 0 Å². The molecular weight excluding hydrogens is 520 g/mol. The van der Waals surface area contributed by atoms with Crippen molar-refractivity contribution in [1.29, 1.82) is 0 Å². The first kappa shape index (κ1) is 25.2. The summed E-state index contributed by atoms with van der Waals surface area (Å²) in [7, 11) is 0. The first-order chi connectivity index (χ1) is 17.1. The lowest BCUT2D eigenvalue weighted by Gasteiger charge is -2.57. The first-order valence-corrected chi connectivity index (χ1v) is 13.8. The molecule has 7 heteroatoms. The Morgan fingerprint density at radius 2 is 1.75 bits per heavy atom. The molecule has 2 fully saturated rings. The molecule has 2 saturated carbocycles. The van der Waals surface area contributed by atoms with Crippen molar-refractivity contribution in [3.63, 3.8) is 0 Å². The van der Waals surface area contributed by atoms with Gasteiger partial charge in [0, 0.05) is 34.4 Å². The number of halogens is 1. The number of hydrogen-bond donors (Lipinski definition) is 1. The lowest BCUT2D eigenvalue weighted by Crippen LogP contribution is -2.50. The Bertz CT molecular complexity index is 1160. The second-order valence-electron chi connectivity index (χ2n) is 11.4. The number of nitrogens with two attached hydrogens (primary N) is 1. The average molecular weight is 556 g/mol. The van der Waals surface area contributed by atoms with Crippen LogP contribution in [0.2, 0.25) is 0 Å². The zero-order chi connectivity index (χ0) is 25.7. The van der Waals surface area contributed by atoms with Gasteiger partial charge in [0.25, 0.3) is 0 Å². The predicted molar refractivity (Wildman–Crippen MR) is 142 cm³/mol. The number of benzene rings is 1. The number of allylic oxidation sites excluding steroid dienone is 2. The highest BCUT2D eigenvalue weighted by molar-refractivity contribution is 9.10. The van der Waals surface area contributed by atoms with Crippen LogP contribution >= 0.6 is 15.9 Å². The molecule has 4 aliphatic carbocycles. The molecule has 4 aliphatic rings. The van der Waals surface area contributed by atoms with Crippen molar-refractivity contribution in [1.82, 2.24) is 0 Å². The van der Waals surface area contributed by atoms with Gasteiger partial charge in [-0.2, -0.15) is 0 Å². The average Bonchev–Trinajstić information content (AvgIpc) is 3.20. The summed E-state index contributed by atoms with van der Waals surface area (Å²) in [6.45, 7) is 6.14. The molecule has 36 heavy (non-hydrogen) atoms. The van der Waals surface area contributed by atoms with Gasteiger partial charge >= 0.3 is 11.9 Å². The fourth-order valence-electron chi connectivity index (χ4n) is 7.66. The van der Waals surface area contributed by atoms with E-state index in [0.717, 1.165) is 55.0 Å². The minimum atomic E-state index is -0.390. The van der Waals surface area contributed by atoms with Crippen molar-refractivity contribution in [2.24, 2.45) is 39.5 Å². The molecule has 192 valence electrons. The Hall–Kier alpha value is -2.41. The van der Waals surface area contributed by atoms with Crippen LogP contribution in [-0.4, -0.2) is 23.9 Å². The molecular formula is C29H35BrN2O4. The van der Waals surface area contributed by atoms with E-state index in [4.69, 9.17) is 15.3 Å². The van der Waals surface area contributed by atoms with Gasteiger partial charge in [-0.05, 0) is 73.8 Å². The highest BCUT2D eigenvalue weighted by Crippen LogP contribution is 2.65. The molecule has 0 heterocycles. The molecule has 1 aromatic carbocycles. The Balaban J connectivity index is 1.30. The third kappa shape index (κ3) is 4.33. The minimum Gasteiger partial charge on any atom is -0.462 e. The minimum absolute atomic E-state index is 0.00662. The maximum Gasteiger partial charge on any atom is 0.362 e. The standard InChI is InChI=1S/C29H35BrN2O4/c1-17(33)35-21-12-14-28(2)19(16-21)6-9-22-23-10-11-25(29(23,3)15-13-24(22)28)27(34)36-32-26(31)18-4-7-20(30)8-5-18/h4-8,11,21-24H,9-10,12-16H2,1-3H3,(H2,31,32)/t21-,22-,23-,24-,28-,29-/m0/s1. The summed E-state index contributed by atoms with van der Waals surface area (Å²) >= 11 is 3.40. The second kappa shape index (κ2) is 9.47. The third-order valence-corrected chi connectivity index (χ3v) is 10.1. The van der Waals surface area contributed by atoms with Crippen LogP contribution in [0.3, 0.4) is 0 Å². The van der Waals surface area contributed by atoms with E-state index in [-0.39, 0.29) is 28.7 Å². The number of oxime groups is 1. The predicted octanol–water partition coefficient (Wildman–Crippen LogP) is 6.04. The first-order valence-electron chi connectivity index (χ1n) is 13.0. The van der Waals surface area contributed by atoms with Gasteiger partial charge in [-0.3, -0.25) is 4.79 Å². The Kier molecular flexibility index (Phi) is 6.64. The van der Waals surface area contributed by atoms with E-state index in [1.807, 2.05) is 24.3 Å². The summed E-state index contributed by atoms with van der Waals surface area (Å²) in [5, 5.41) is 3.95. The van der Waals surface area contributed by atoms with Gasteiger partial charge in [0.05, 0.1) is 0 Å². The summed E-state index contributed by atoms with van der Waals surface area (Å²) in [5.41, 5.74) is 8.92. The molecule has 6 nitrogen and oxygen atoms in total. The number of fused-ring (bicyclic) bond motifs is 5. The molecule has 0 amide bonds. The molecule has 6 atom stereocenters. The molecule has 1 aromatic rings. The smallest absolute Gasteiger partial charge is 0.362 e. The van der Waals surface area contributed by atoms with Gasteiger partial charge in [0.15, 0.2) is 5.84 Å². The molecule has 2 N–H and O–H groups in total. The van der Waals surface area contributed by atoms with Gasteiger partial charge in [-0.15, -0.1) is 0 Å². The van der Waals surface area contributed by atoms with E-state index in [0.29, 0.717) is 23.3 Å². The maximum atomic E-state index is 13.2. The van der Waals surface area contributed by atoms with Crippen LogP contribution in [0, 0.1) is 28.6 Å². The van der Waals surface area contributed by atoms with Gasteiger partial charge in [-0.25, -0.2) is 4.79 Å².